The predicted octanol–water partition coefficient (Wildman–Crippen LogP) is 4.89. The second kappa shape index (κ2) is 10.8. The van der Waals surface area contributed by atoms with Crippen LogP contribution in [0.4, 0.5) is 0 Å². The molecule has 1 aliphatic heterocycles. The molecule has 0 saturated heterocycles. The lowest BCUT2D eigenvalue weighted by atomic mass is 9.93. The molecule has 182 valence electrons. The molecule has 1 fully saturated rings. The molecule has 2 aromatic carbocycles. The number of amides is 2. The van der Waals surface area contributed by atoms with Crippen molar-refractivity contribution in [3.05, 3.63) is 93.7 Å². The van der Waals surface area contributed by atoms with Crippen LogP contribution in [0, 0.1) is 5.92 Å². The molecule has 0 bridgehead atoms. The van der Waals surface area contributed by atoms with E-state index in [1.807, 2.05) is 41.3 Å². The molecule has 2 aliphatic rings. The van der Waals surface area contributed by atoms with Crippen molar-refractivity contribution in [2.45, 2.75) is 31.2 Å². The van der Waals surface area contributed by atoms with Crippen molar-refractivity contribution in [3.8, 4) is 0 Å². The Labute approximate surface area is 211 Å². The molecule has 1 saturated carbocycles. The van der Waals surface area contributed by atoms with Crippen molar-refractivity contribution >= 4 is 23.2 Å². The first-order chi connectivity index (χ1) is 17.2. The molecule has 2 heterocycles. The highest BCUT2D eigenvalue weighted by Crippen LogP contribution is 2.48. The van der Waals surface area contributed by atoms with Crippen molar-refractivity contribution in [2.75, 3.05) is 33.4 Å². The zero-order chi connectivity index (χ0) is 24.2. The Morgan fingerprint density at radius 2 is 1.74 bits per heavy atom. The fraction of sp³-hybridized carbons (Fsp3) is 0.379. The summed E-state index contributed by atoms with van der Waals surface area (Å²) in [7, 11) is 1.67. The van der Waals surface area contributed by atoms with Gasteiger partial charge in [-0.1, -0.05) is 60.7 Å². The number of hydrogen-bond donors (Lipinski definition) is 0. The lowest BCUT2D eigenvalue weighted by Crippen LogP contribution is -2.47. The lowest BCUT2D eigenvalue weighted by Gasteiger charge is -2.37. The van der Waals surface area contributed by atoms with Crippen LogP contribution in [0.3, 0.4) is 0 Å². The normalized spacial score (nSPS) is 20.8. The minimum atomic E-state index is -0.104. The number of rotatable bonds is 9. The fourth-order valence-corrected chi connectivity index (χ4v) is 6.18. The van der Waals surface area contributed by atoms with E-state index in [1.165, 1.54) is 16.0 Å². The molecule has 1 aromatic heterocycles. The summed E-state index contributed by atoms with van der Waals surface area (Å²) in [5.74, 6) is 0.317. The smallest absolute Gasteiger partial charge is 0.242 e. The summed E-state index contributed by atoms with van der Waals surface area (Å²) in [6.07, 6.45) is 2.43. The van der Waals surface area contributed by atoms with Crippen LogP contribution < -0.4 is 0 Å². The Morgan fingerprint density at radius 1 is 1.03 bits per heavy atom. The van der Waals surface area contributed by atoms with Crippen LogP contribution in [-0.4, -0.2) is 55.0 Å². The van der Waals surface area contributed by atoms with E-state index in [2.05, 4.69) is 35.7 Å². The molecule has 5 nitrogen and oxygen atoms in total. The van der Waals surface area contributed by atoms with Gasteiger partial charge in [-0.05, 0) is 53.3 Å². The number of benzene rings is 2. The highest BCUT2D eigenvalue weighted by molar-refractivity contribution is 7.10. The summed E-state index contributed by atoms with van der Waals surface area (Å²) < 4.78 is 5.23. The monoisotopic (exact) mass is 488 g/mol. The summed E-state index contributed by atoms with van der Waals surface area (Å²) in [4.78, 5) is 32.4. The zero-order valence-corrected chi connectivity index (χ0v) is 21.0. The van der Waals surface area contributed by atoms with Crippen molar-refractivity contribution in [3.63, 3.8) is 0 Å². The van der Waals surface area contributed by atoms with Gasteiger partial charge in [0.25, 0.3) is 0 Å². The van der Waals surface area contributed by atoms with Gasteiger partial charge in [0.2, 0.25) is 11.8 Å². The van der Waals surface area contributed by atoms with E-state index in [0.29, 0.717) is 19.7 Å². The van der Waals surface area contributed by atoms with E-state index in [4.69, 9.17) is 4.74 Å². The van der Waals surface area contributed by atoms with Gasteiger partial charge < -0.3 is 14.5 Å². The van der Waals surface area contributed by atoms with Crippen molar-refractivity contribution in [2.24, 2.45) is 5.92 Å². The Hall–Kier alpha value is -2.96. The molecule has 2 amide bonds. The van der Waals surface area contributed by atoms with Gasteiger partial charge in [-0.2, -0.15) is 0 Å². The van der Waals surface area contributed by atoms with Crippen LogP contribution in [0.2, 0.25) is 0 Å². The van der Waals surface area contributed by atoms with Gasteiger partial charge in [0.05, 0.1) is 12.6 Å². The topological polar surface area (TPSA) is 49.9 Å². The first kappa shape index (κ1) is 23.8. The van der Waals surface area contributed by atoms with Gasteiger partial charge >= 0.3 is 0 Å². The number of carbonyl (C=O) groups excluding carboxylic acids is 2. The molecule has 1 aliphatic carbocycles. The van der Waals surface area contributed by atoms with Crippen LogP contribution in [0.1, 0.15) is 46.4 Å². The first-order valence-corrected chi connectivity index (χ1v) is 13.3. The van der Waals surface area contributed by atoms with Crippen molar-refractivity contribution in [1.29, 1.82) is 0 Å². The number of hydrogen-bond acceptors (Lipinski definition) is 4. The molecule has 0 spiro atoms. The SMILES string of the molecule is COCCCN(CC(=O)N1CCc2sccc2C1c1ccccc1)C(=O)C1CC1c1ccccc1. The first-order valence-electron chi connectivity index (χ1n) is 12.4. The maximum atomic E-state index is 13.8. The molecule has 3 aromatic rings. The highest BCUT2D eigenvalue weighted by Gasteiger charge is 2.46. The number of nitrogens with zero attached hydrogens (tertiary/aromatic N) is 2. The van der Waals surface area contributed by atoms with Gasteiger partial charge in [0.15, 0.2) is 0 Å². The quantitative estimate of drug-likeness (QED) is 0.403. The van der Waals surface area contributed by atoms with Gasteiger partial charge in [0.1, 0.15) is 0 Å². The minimum absolute atomic E-state index is 0.0124. The number of carbonyl (C=O) groups is 2. The van der Waals surface area contributed by atoms with Crippen LogP contribution in [0.15, 0.2) is 72.1 Å². The molecule has 3 unspecified atom stereocenters. The van der Waals surface area contributed by atoms with Crippen LogP contribution in [-0.2, 0) is 20.7 Å². The largest absolute Gasteiger partial charge is 0.385 e. The standard InChI is InChI=1S/C29H32N2O3S/c1-34-17-8-15-30(29(33)25-19-24(25)21-9-4-2-5-10-21)20-27(32)31-16-13-26-23(14-18-35-26)28(31)22-11-6-3-7-12-22/h2-7,9-12,14,18,24-25,28H,8,13,15-17,19-20H2,1H3. The van der Waals surface area contributed by atoms with Gasteiger partial charge in [-0.15, -0.1) is 11.3 Å². The average molecular weight is 489 g/mol. The summed E-state index contributed by atoms with van der Waals surface area (Å²) in [6.45, 7) is 1.88. The molecule has 35 heavy (non-hydrogen) atoms. The second-order valence-corrected chi connectivity index (χ2v) is 10.4. The van der Waals surface area contributed by atoms with Crippen LogP contribution in [0.25, 0.3) is 0 Å². The highest BCUT2D eigenvalue weighted by atomic mass is 32.1. The number of fused-ring (bicyclic) bond motifs is 1. The number of thiophene rings is 1. The van der Waals surface area contributed by atoms with Gasteiger partial charge in [-0.25, -0.2) is 0 Å². The summed E-state index contributed by atoms with van der Waals surface area (Å²) in [6, 6.07) is 22.5. The molecule has 0 N–H and O–H groups in total. The van der Waals surface area contributed by atoms with Gasteiger partial charge in [0, 0.05) is 37.6 Å². The van der Waals surface area contributed by atoms with Crippen molar-refractivity contribution < 1.29 is 14.3 Å². The van der Waals surface area contributed by atoms with E-state index >= 15 is 0 Å². The lowest BCUT2D eigenvalue weighted by molar-refractivity contribution is -0.142. The van der Waals surface area contributed by atoms with E-state index in [9.17, 15) is 9.59 Å². The molecular formula is C29H32N2O3S. The van der Waals surface area contributed by atoms with Gasteiger partial charge in [-0.3, -0.25) is 9.59 Å². The van der Waals surface area contributed by atoms with E-state index in [1.54, 1.807) is 23.3 Å². The van der Waals surface area contributed by atoms with E-state index in [0.717, 1.165) is 24.8 Å². The fourth-order valence-electron chi connectivity index (χ4n) is 5.27. The van der Waals surface area contributed by atoms with Crippen LogP contribution >= 0.6 is 11.3 Å². The minimum Gasteiger partial charge on any atom is -0.385 e. The average Bonchev–Trinajstić information content (AvgIpc) is 3.56. The van der Waals surface area contributed by atoms with Crippen molar-refractivity contribution in [1.82, 2.24) is 9.80 Å². The maximum Gasteiger partial charge on any atom is 0.242 e. The molecule has 0 radical (unpaired) electrons. The number of ether oxygens (including phenoxy) is 1. The zero-order valence-electron chi connectivity index (χ0n) is 20.1. The summed E-state index contributed by atoms with van der Waals surface area (Å²) in [5, 5.41) is 2.12. The van der Waals surface area contributed by atoms with E-state index < -0.39 is 0 Å². The second-order valence-electron chi connectivity index (χ2n) is 9.41. The number of methoxy groups -OCH3 is 1. The third-order valence-electron chi connectivity index (χ3n) is 7.15. The maximum absolute atomic E-state index is 13.8. The Bertz CT molecular complexity index is 1150. The van der Waals surface area contributed by atoms with E-state index in [-0.39, 0.29) is 36.2 Å². The Kier molecular flexibility index (Phi) is 7.30. The summed E-state index contributed by atoms with van der Waals surface area (Å²) >= 11 is 1.76. The third-order valence-corrected chi connectivity index (χ3v) is 8.15. The summed E-state index contributed by atoms with van der Waals surface area (Å²) in [5.41, 5.74) is 3.53. The Morgan fingerprint density at radius 3 is 2.46 bits per heavy atom. The molecule has 6 heteroatoms. The molecular weight excluding hydrogens is 456 g/mol. The van der Waals surface area contributed by atoms with Crippen LogP contribution in [0.5, 0.6) is 0 Å². The molecule has 5 rings (SSSR count). The molecule has 3 atom stereocenters. The predicted molar refractivity (Wildman–Crippen MR) is 138 cm³/mol. The Balaban J connectivity index is 1.34. The third kappa shape index (κ3) is 5.19.